The molecule has 1 atom stereocenters. The van der Waals surface area contributed by atoms with Crippen molar-refractivity contribution in [2.45, 2.75) is 25.8 Å². The van der Waals surface area contributed by atoms with Crippen molar-refractivity contribution in [1.82, 2.24) is 0 Å². The van der Waals surface area contributed by atoms with Gasteiger partial charge in [0.05, 0.1) is 5.54 Å². The zero-order valence-corrected chi connectivity index (χ0v) is 8.58. The Hall–Kier alpha value is -1.35. The zero-order valence-electron chi connectivity index (χ0n) is 8.58. The van der Waals surface area contributed by atoms with Crippen LogP contribution >= 0.6 is 0 Å². The van der Waals surface area contributed by atoms with Gasteiger partial charge in [-0.15, -0.1) is 0 Å². The minimum Gasteiger partial charge on any atom is -0.368 e. The second kappa shape index (κ2) is 3.80. The van der Waals surface area contributed by atoms with Gasteiger partial charge in [0.2, 0.25) is 5.91 Å². The molecule has 0 bridgehead atoms. The predicted octanol–water partition coefficient (Wildman–Crippen LogP) is 0.740. The van der Waals surface area contributed by atoms with Crippen LogP contribution in [0.15, 0.2) is 24.3 Å². The van der Waals surface area contributed by atoms with E-state index in [-0.39, 0.29) is 0 Å². The summed E-state index contributed by atoms with van der Waals surface area (Å²) >= 11 is 0. The highest BCUT2D eigenvalue weighted by Gasteiger charge is 2.25. The number of rotatable bonds is 3. The molecule has 0 spiro atoms. The fraction of sp³-hybridized carbons (Fsp3) is 0.364. The Morgan fingerprint density at radius 2 is 1.86 bits per heavy atom. The molecule has 0 aromatic heterocycles. The number of carbonyl (C=O) groups excluding carboxylic acids is 1. The van der Waals surface area contributed by atoms with Gasteiger partial charge in [0, 0.05) is 0 Å². The summed E-state index contributed by atoms with van der Waals surface area (Å²) in [6.45, 7) is 3.66. The van der Waals surface area contributed by atoms with Crippen molar-refractivity contribution in [1.29, 1.82) is 0 Å². The molecule has 0 heterocycles. The second-order valence-electron chi connectivity index (χ2n) is 3.94. The van der Waals surface area contributed by atoms with E-state index in [2.05, 4.69) is 0 Å². The lowest BCUT2D eigenvalue weighted by atomic mass is 9.93. The Kier molecular flexibility index (Phi) is 2.91. The number of benzene rings is 1. The van der Waals surface area contributed by atoms with Crippen LogP contribution in [-0.4, -0.2) is 11.4 Å². The lowest BCUT2D eigenvalue weighted by Gasteiger charge is -2.20. The number of nitrogens with two attached hydrogens (primary N) is 2. The molecular formula is C11H16N2O. The van der Waals surface area contributed by atoms with Crippen molar-refractivity contribution in [3.8, 4) is 0 Å². The molecule has 0 aliphatic heterocycles. The maximum atomic E-state index is 11.0. The van der Waals surface area contributed by atoms with Crippen molar-refractivity contribution < 1.29 is 4.79 Å². The van der Waals surface area contributed by atoms with Crippen molar-refractivity contribution in [2.75, 3.05) is 0 Å². The molecule has 76 valence electrons. The standard InChI is InChI=1S/C11H16N2O/c1-8-3-5-9(6-4-8)7-11(2,13)10(12)14/h3-6H,7,13H2,1-2H3,(H2,12,14)/t11-/m1/s1. The molecule has 0 aliphatic rings. The molecule has 0 saturated carbocycles. The van der Waals surface area contributed by atoms with Gasteiger partial charge in [0.15, 0.2) is 0 Å². The smallest absolute Gasteiger partial charge is 0.237 e. The monoisotopic (exact) mass is 192 g/mol. The van der Waals surface area contributed by atoms with E-state index in [1.807, 2.05) is 31.2 Å². The molecule has 0 aliphatic carbocycles. The molecule has 14 heavy (non-hydrogen) atoms. The summed E-state index contributed by atoms with van der Waals surface area (Å²) in [7, 11) is 0. The fourth-order valence-corrected chi connectivity index (χ4v) is 1.22. The first-order chi connectivity index (χ1) is 6.42. The average molecular weight is 192 g/mol. The quantitative estimate of drug-likeness (QED) is 0.741. The van der Waals surface area contributed by atoms with Gasteiger partial charge in [-0.2, -0.15) is 0 Å². The molecule has 0 unspecified atom stereocenters. The largest absolute Gasteiger partial charge is 0.368 e. The summed E-state index contributed by atoms with van der Waals surface area (Å²) in [5.74, 6) is -0.474. The van der Waals surface area contributed by atoms with Crippen LogP contribution < -0.4 is 11.5 Å². The van der Waals surface area contributed by atoms with Crippen LogP contribution in [0.1, 0.15) is 18.1 Å². The highest BCUT2D eigenvalue weighted by molar-refractivity contribution is 5.84. The first-order valence-corrected chi connectivity index (χ1v) is 4.56. The molecule has 1 aromatic carbocycles. The highest BCUT2D eigenvalue weighted by atomic mass is 16.1. The number of amides is 1. The van der Waals surface area contributed by atoms with Gasteiger partial charge in [0.25, 0.3) is 0 Å². The lowest BCUT2D eigenvalue weighted by Crippen LogP contribution is -2.51. The highest BCUT2D eigenvalue weighted by Crippen LogP contribution is 2.11. The summed E-state index contributed by atoms with van der Waals surface area (Å²) in [6.07, 6.45) is 0.475. The molecule has 0 fully saturated rings. The summed E-state index contributed by atoms with van der Waals surface area (Å²) in [5.41, 5.74) is 12.2. The summed E-state index contributed by atoms with van der Waals surface area (Å²) in [5, 5.41) is 0. The normalized spacial score (nSPS) is 14.8. The van der Waals surface area contributed by atoms with Gasteiger partial charge >= 0.3 is 0 Å². The van der Waals surface area contributed by atoms with Gasteiger partial charge in [-0.3, -0.25) is 4.79 Å². The molecule has 1 aromatic rings. The Balaban J connectivity index is 2.79. The van der Waals surface area contributed by atoms with E-state index in [4.69, 9.17) is 11.5 Å². The predicted molar refractivity (Wildman–Crippen MR) is 56.7 cm³/mol. The van der Waals surface area contributed by atoms with Crippen LogP contribution in [0.5, 0.6) is 0 Å². The van der Waals surface area contributed by atoms with E-state index in [0.717, 1.165) is 5.56 Å². The van der Waals surface area contributed by atoms with E-state index in [9.17, 15) is 4.79 Å². The molecule has 0 radical (unpaired) electrons. The molecule has 3 nitrogen and oxygen atoms in total. The topological polar surface area (TPSA) is 69.1 Å². The molecule has 0 saturated heterocycles. The third kappa shape index (κ3) is 2.57. The van der Waals surface area contributed by atoms with Crippen LogP contribution in [0.2, 0.25) is 0 Å². The Bertz CT molecular complexity index is 328. The van der Waals surface area contributed by atoms with Crippen molar-refractivity contribution >= 4 is 5.91 Å². The number of hydrogen-bond acceptors (Lipinski definition) is 2. The van der Waals surface area contributed by atoms with E-state index in [1.54, 1.807) is 6.92 Å². The van der Waals surface area contributed by atoms with Crippen molar-refractivity contribution in [2.24, 2.45) is 11.5 Å². The first-order valence-electron chi connectivity index (χ1n) is 4.56. The number of primary amides is 1. The van der Waals surface area contributed by atoms with E-state index >= 15 is 0 Å². The average Bonchev–Trinajstić information content (AvgIpc) is 2.08. The molecule has 1 amide bonds. The van der Waals surface area contributed by atoms with Crippen LogP contribution in [0.4, 0.5) is 0 Å². The zero-order chi connectivity index (χ0) is 10.8. The van der Waals surface area contributed by atoms with Gasteiger partial charge in [-0.05, 0) is 25.8 Å². The molecule has 3 heteroatoms. The summed E-state index contributed by atoms with van der Waals surface area (Å²) in [4.78, 5) is 11.0. The van der Waals surface area contributed by atoms with Crippen molar-refractivity contribution in [3.05, 3.63) is 35.4 Å². The SMILES string of the molecule is Cc1ccc(C[C@@](C)(N)C(N)=O)cc1. The van der Waals surface area contributed by atoms with E-state index in [0.29, 0.717) is 6.42 Å². The fourth-order valence-electron chi connectivity index (χ4n) is 1.22. The van der Waals surface area contributed by atoms with Crippen LogP contribution in [-0.2, 0) is 11.2 Å². The molecule has 4 N–H and O–H groups in total. The van der Waals surface area contributed by atoms with Crippen LogP contribution in [0.25, 0.3) is 0 Å². The van der Waals surface area contributed by atoms with Gasteiger partial charge in [-0.1, -0.05) is 29.8 Å². The lowest BCUT2D eigenvalue weighted by molar-refractivity contribution is -0.122. The van der Waals surface area contributed by atoms with Crippen LogP contribution in [0.3, 0.4) is 0 Å². The maximum absolute atomic E-state index is 11.0. The minimum atomic E-state index is -0.963. The third-order valence-corrected chi connectivity index (χ3v) is 2.25. The van der Waals surface area contributed by atoms with Gasteiger partial charge < -0.3 is 11.5 Å². The van der Waals surface area contributed by atoms with Gasteiger partial charge in [-0.25, -0.2) is 0 Å². The van der Waals surface area contributed by atoms with Crippen molar-refractivity contribution in [3.63, 3.8) is 0 Å². The Morgan fingerprint density at radius 3 is 2.29 bits per heavy atom. The van der Waals surface area contributed by atoms with E-state index in [1.165, 1.54) is 5.56 Å². The maximum Gasteiger partial charge on any atom is 0.237 e. The minimum absolute atomic E-state index is 0.474. The summed E-state index contributed by atoms with van der Waals surface area (Å²) in [6, 6.07) is 7.91. The second-order valence-corrected chi connectivity index (χ2v) is 3.94. The van der Waals surface area contributed by atoms with E-state index < -0.39 is 11.4 Å². The third-order valence-electron chi connectivity index (χ3n) is 2.25. The van der Waals surface area contributed by atoms with Crippen LogP contribution in [0, 0.1) is 6.92 Å². The summed E-state index contributed by atoms with van der Waals surface area (Å²) < 4.78 is 0. The number of hydrogen-bond donors (Lipinski definition) is 2. The number of carbonyl (C=O) groups is 1. The molecular weight excluding hydrogens is 176 g/mol. The first kappa shape index (κ1) is 10.7. The van der Waals surface area contributed by atoms with Gasteiger partial charge in [0.1, 0.15) is 0 Å². The Morgan fingerprint density at radius 1 is 1.36 bits per heavy atom. The Labute approximate surface area is 84.1 Å². The molecule has 1 rings (SSSR count). The number of aryl methyl sites for hydroxylation is 1.